The third-order valence-corrected chi connectivity index (χ3v) is 7.41. The largest absolute Gasteiger partial charge is 0.462 e. The summed E-state index contributed by atoms with van der Waals surface area (Å²) in [6, 6.07) is 18.2. The van der Waals surface area contributed by atoms with Gasteiger partial charge in [0.05, 0.1) is 29.8 Å². The van der Waals surface area contributed by atoms with E-state index in [4.69, 9.17) is 14.2 Å². The molecule has 10 nitrogen and oxygen atoms in total. The molecule has 0 radical (unpaired) electrons. The van der Waals surface area contributed by atoms with Crippen LogP contribution in [0.15, 0.2) is 94.9 Å². The molecule has 0 amide bonds. The van der Waals surface area contributed by atoms with E-state index >= 15 is 0 Å². The summed E-state index contributed by atoms with van der Waals surface area (Å²) < 4.78 is 16.9. The van der Waals surface area contributed by atoms with Crippen LogP contribution in [0.2, 0.25) is 0 Å². The fourth-order valence-electron chi connectivity index (χ4n) is 5.41. The van der Waals surface area contributed by atoms with Crippen molar-refractivity contribution in [3.63, 3.8) is 0 Å². The molecule has 2 atom stereocenters. The lowest BCUT2D eigenvalue weighted by Gasteiger charge is -2.32. The highest BCUT2D eigenvalue weighted by molar-refractivity contribution is 6.07. The van der Waals surface area contributed by atoms with Crippen molar-refractivity contribution < 1.29 is 28.7 Å². The van der Waals surface area contributed by atoms with Gasteiger partial charge in [-0.2, -0.15) is 0 Å². The first-order chi connectivity index (χ1) is 22.0. The van der Waals surface area contributed by atoms with Gasteiger partial charge in [0.15, 0.2) is 0 Å². The van der Waals surface area contributed by atoms with Crippen LogP contribution in [-0.2, 0) is 30.2 Å². The maximum Gasteiger partial charge on any atom is 0.336 e. The Kier molecular flexibility index (Phi) is 11.7. The van der Waals surface area contributed by atoms with Gasteiger partial charge in [0.2, 0.25) is 0 Å². The number of benzene rings is 2. The van der Waals surface area contributed by atoms with E-state index < -0.39 is 34.8 Å². The highest BCUT2D eigenvalue weighted by atomic mass is 16.6. The molecular formula is C36H39N3O7. The number of hydrogen-bond acceptors (Lipinski definition) is 9. The standard InChI is InChI=1S/C36H39N3O7/c1-23(2)46-36(41)33-26(5)38-25(4)32(34(33)30-9-6-10-31(20-30)39(42)43)35(40)45-17-16-44-22-24(3)18-27-11-13-28(14-12-27)19-29-8-7-15-37-21-29/h6-15,18,20-21,23,33-34H,16-17,19,22H2,1-5H3. The Balaban J connectivity index is 1.39. The van der Waals surface area contributed by atoms with Gasteiger partial charge < -0.3 is 14.2 Å². The van der Waals surface area contributed by atoms with E-state index in [1.165, 1.54) is 23.8 Å². The minimum atomic E-state index is -0.955. The number of nitro benzene ring substituents is 1. The topological polar surface area (TPSA) is 130 Å². The van der Waals surface area contributed by atoms with Crippen molar-refractivity contribution >= 4 is 29.4 Å². The molecular weight excluding hydrogens is 586 g/mol. The zero-order valence-electron chi connectivity index (χ0n) is 26.8. The molecule has 3 aromatic rings. The van der Waals surface area contributed by atoms with E-state index in [1.807, 2.05) is 25.3 Å². The van der Waals surface area contributed by atoms with E-state index in [2.05, 4.69) is 40.3 Å². The lowest BCUT2D eigenvalue weighted by Crippen LogP contribution is -2.37. The van der Waals surface area contributed by atoms with E-state index in [0.717, 1.165) is 23.1 Å². The lowest BCUT2D eigenvalue weighted by molar-refractivity contribution is -0.384. The summed E-state index contributed by atoms with van der Waals surface area (Å²) in [6.45, 7) is 9.22. The van der Waals surface area contributed by atoms with Crippen LogP contribution in [-0.4, -0.2) is 53.5 Å². The molecule has 2 heterocycles. The number of carbonyl (C=O) groups excluding carboxylic acids is 2. The van der Waals surface area contributed by atoms with Crippen molar-refractivity contribution in [3.05, 3.63) is 122 Å². The number of rotatable bonds is 13. The van der Waals surface area contributed by atoms with Gasteiger partial charge in [0.1, 0.15) is 12.5 Å². The number of nitro groups is 1. The molecule has 0 spiro atoms. The molecule has 1 aliphatic heterocycles. The summed E-state index contributed by atoms with van der Waals surface area (Å²) in [5.74, 6) is -3.07. The van der Waals surface area contributed by atoms with Gasteiger partial charge in [-0.3, -0.25) is 24.9 Å². The monoisotopic (exact) mass is 625 g/mol. The summed E-state index contributed by atoms with van der Waals surface area (Å²) in [5.41, 5.74) is 5.64. The first kappa shape index (κ1) is 33.9. The van der Waals surface area contributed by atoms with Crippen LogP contribution in [0.3, 0.4) is 0 Å². The number of ether oxygens (including phenoxy) is 3. The molecule has 0 saturated carbocycles. The van der Waals surface area contributed by atoms with Crippen LogP contribution in [0, 0.1) is 16.0 Å². The predicted octanol–water partition coefficient (Wildman–Crippen LogP) is 6.64. The van der Waals surface area contributed by atoms with Gasteiger partial charge in [-0.05, 0) is 74.9 Å². The molecule has 4 rings (SSSR count). The Morgan fingerprint density at radius 3 is 2.46 bits per heavy atom. The molecule has 0 fully saturated rings. The van der Waals surface area contributed by atoms with Gasteiger partial charge in [-0.1, -0.05) is 48.5 Å². The number of allylic oxidation sites excluding steroid dienone is 1. The average molecular weight is 626 g/mol. The fraction of sp³-hybridized carbons (Fsp3) is 0.333. The second-order valence-corrected chi connectivity index (χ2v) is 11.5. The number of hydrogen-bond donors (Lipinski definition) is 0. The number of aromatic nitrogens is 1. The second kappa shape index (κ2) is 15.9. The molecule has 2 aromatic carbocycles. The number of pyridine rings is 1. The second-order valence-electron chi connectivity index (χ2n) is 11.5. The molecule has 240 valence electrons. The quantitative estimate of drug-likeness (QED) is 0.0894. The van der Waals surface area contributed by atoms with Crippen molar-refractivity contribution in [2.75, 3.05) is 19.8 Å². The third kappa shape index (κ3) is 9.04. The SMILES string of the molecule is CC(=Cc1ccc(Cc2cccnc2)cc1)COCCOC(=O)C1=C(C)N=C(C)C(C(=O)OC(C)C)C1c1cccc([N+](=O)[O-])c1. The van der Waals surface area contributed by atoms with Crippen LogP contribution < -0.4 is 0 Å². The van der Waals surface area contributed by atoms with Crippen LogP contribution in [0.4, 0.5) is 5.69 Å². The van der Waals surface area contributed by atoms with Crippen molar-refractivity contribution in [3.8, 4) is 0 Å². The molecule has 1 aliphatic rings. The van der Waals surface area contributed by atoms with E-state index in [9.17, 15) is 19.7 Å². The van der Waals surface area contributed by atoms with E-state index in [1.54, 1.807) is 40.0 Å². The Hall–Kier alpha value is -4.96. The van der Waals surface area contributed by atoms with Gasteiger partial charge in [-0.25, -0.2) is 4.79 Å². The molecule has 0 bridgehead atoms. The van der Waals surface area contributed by atoms with Crippen molar-refractivity contribution in [1.82, 2.24) is 4.98 Å². The summed E-state index contributed by atoms with van der Waals surface area (Å²) in [4.78, 5) is 46.4. The third-order valence-electron chi connectivity index (χ3n) is 7.41. The maximum atomic E-state index is 13.5. The molecule has 2 unspecified atom stereocenters. The Bertz CT molecular complexity index is 1640. The molecule has 0 N–H and O–H groups in total. The number of carbonyl (C=O) groups is 2. The minimum Gasteiger partial charge on any atom is -0.462 e. The number of aliphatic imine (C=N–C) groups is 1. The van der Waals surface area contributed by atoms with Crippen molar-refractivity contribution in [2.45, 2.75) is 53.1 Å². The highest BCUT2D eigenvalue weighted by Gasteiger charge is 2.43. The summed E-state index contributed by atoms with van der Waals surface area (Å²) in [7, 11) is 0. The van der Waals surface area contributed by atoms with Crippen LogP contribution in [0.25, 0.3) is 6.08 Å². The summed E-state index contributed by atoms with van der Waals surface area (Å²) >= 11 is 0. The summed E-state index contributed by atoms with van der Waals surface area (Å²) in [6.07, 6.45) is 6.08. The molecule has 0 aliphatic carbocycles. The molecule has 1 aromatic heterocycles. The van der Waals surface area contributed by atoms with Gasteiger partial charge in [0.25, 0.3) is 5.69 Å². The molecule has 0 saturated heterocycles. The number of esters is 2. The number of non-ortho nitro benzene ring substituents is 1. The normalized spacial score (nSPS) is 16.7. The van der Waals surface area contributed by atoms with E-state index in [0.29, 0.717) is 23.6 Å². The Labute approximate surface area is 269 Å². The van der Waals surface area contributed by atoms with Crippen molar-refractivity contribution in [1.29, 1.82) is 0 Å². The zero-order chi connectivity index (χ0) is 33.2. The fourth-order valence-corrected chi connectivity index (χ4v) is 5.41. The molecule has 46 heavy (non-hydrogen) atoms. The summed E-state index contributed by atoms with van der Waals surface area (Å²) in [5, 5.41) is 11.5. The highest BCUT2D eigenvalue weighted by Crippen LogP contribution is 2.41. The van der Waals surface area contributed by atoms with Crippen molar-refractivity contribution in [2.24, 2.45) is 10.9 Å². The first-order valence-corrected chi connectivity index (χ1v) is 15.1. The van der Waals surface area contributed by atoms with Gasteiger partial charge in [-0.15, -0.1) is 0 Å². The first-order valence-electron chi connectivity index (χ1n) is 15.1. The lowest BCUT2D eigenvalue weighted by atomic mass is 9.75. The smallest absolute Gasteiger partial charge is 0.336 e. The maximum absolute atomic E-state index is 13.5. The van der Waals surface area contributed by atoms with Crippen LogP contribution in [0.1, 0.15) is 62.8 Å². The molecule has 10 heteroatoms. The minimum absolute atomic E-state index is 0.0304. The van der Waals surface area contributed by atoms with Gasteiger partial charge >= 0.3 is 11.9 Å². The van der Waals surface area contributed by atoms with Gasteiger partial charge in [0, 0.05) is 41.9 Å². The Morgan fingerprint density at radius 2 is 1.78 bits per heavy atom. The Morgan fingerprint density at radius 1 is 1.02 bits per heavy atom. The predicted molar refractivity (Wildman–Crippen MR) is 175 cm³/mol. The van der Waals surface area contributed by atoms with Crippen LogP contribution in [0.5, 0.6) is 0 Å². The number of nitrogens with zero attached hydrogens (tertiary/aromatic N) is 3. The van der Waals surface area contributed by atoms with Crippen LogP contribution >= 0.6 is 0 Å². The zero-order valence-corrected chi connectivity index (χ0v) is 26.8. The van der Waals surface area contributed by atoms with E-state index in [-0.39, 0.29) is 24.5 Å². The average Bonchev–Trinajstić information content (AvgIpc) is 3.01.